The SMILES string of the molecule is CS(=O)(=O)N(CC(=O)O)CC1CN(C(=O)COCC(F)(F)F)CCO1. The van der Waals surface area contributed by atoms with Gasteiger partial charge in [-0.3, -0.25) is 9.59 Å². The molecule has 0 radical (unpaired) electrons. The number of hydrogen-bond acceptors (Lipinski definition) is 6. The number of nitrogens with zero attached hydrogens (tertiary/aromatic N) is 2. The Morgan fingerprint density at radius 2 is 2.04 bits per heavy atom. The van der Waals surface area contributed by atoms with Crippen molar-refractivity contribution in [1.29, 1.82) is 0 Å². The zero-order valence-electron chi connectivity index (χ0n) is 13.4. The molecule has 0 aromatic carbocycles. The van der Waals surface area contributed by atoms with E-state index in [1.54, 1.807) is 0 Å². The molecule has 1 saturated heterocycles. The lowest BCUT2D eigenvalue weighted by Gasteiger charge is -2.34. The van der Waals surface area contributed by atoms with Crippen LogP contribution < -0.4 is 0 Å². The van der Waals surface area contributed by atoms with E-state index in [4.69, 9.17) is 9.84 Å². The van der Waals surface area contributed by atoms with Gasteiger partial charge in [0.05, 0.1) is 19.0 Å². The minimum Gasteiger partial charge on any atom is -0.480 e. The van der Waals surface area contributed by atoms with E-state index < -0.39 is 53.9 Å². The minimum atomic E-state index is -4.54. The molecule has 0 bridgehead atoms. The van der Waals surface area contributed by atoms with Crippen molar-refractivity contribution in [2.24, 2.45) is 0 Å². The Labute approximate surface area is 142 Å². The van der Waals surface area contributed by atoms with Crippen LogP contribution in [0.4, 0.5) is 13.2 Å². The molecule has 0 aromatic rings. The molecule has 1 fully saturated rings. The molecular formula is C12H19F3N2O7S. The molecule has 13 heteroatoms. The van der Waals surface area contributed by atoms with Crippen LogP contribution in [0.5, 0.6) is 0 Å². The van der Waals surface area contributed by atoms with Crippen LogP contribution in [0.3, 0.4) is 0 Å². The Kier molecular flexibility index (Phi) is 7.59. The molecule has 0 spiro atoms. The molecule has 1 amide bonds. The first kappa shape index (κ1) is 21.6. The van der Waals surface area contributed by atoms with Gasteiger partial charge in [0.15, 0.2) is 0 Å². The van der Waals surface area contributed by atoms with Crippen LogP contribution >= 0.6 is 0 Å². The summed E-state index contributed by atoms with van der Waals surface area (Å²) in [5.74, 6) is -2.04. The summed E-state index contributed by atoms with van der Waals surface area (Å²) >= 11 is 0. The van der Waals surface area contributed by atoms with Crippen LogP contribution in [0.1, 0.15) is 0 Å². The average Bonchev–Trinajstić information content (AvgIpc) is 2.44. The molecule has 0 aromatic heterocycles. The number of amides is 1. The van der Waals surface area contributed by atoms with Gasteiger partial charge in [-0.05, 0) is 0 Å². The molecule has 1 heterocycles. The van der Waals surface area contributed by atoms with E-state index in [9.17, 15) is 31.2 Å². The standard InChI is InChI=1S/C12H19F3N2O7S/c1-25(21,22)17(6-11(19)20)5-9-4-16(2-3-24-9)10(18)7-23-8-12(13,14)15/h9H,2-8H2,1H3,(H,19,20). The molecule has 1 N–H and O–H groups in total. The number of alkyl halides is 3. The number of aliphatic carboxylic acids is 1. The first-order chi connectivity index (χ1) is 11.4. The van der Waals surface area contributed by atoms with Crippen molar-refractivity contribution >= 4 is 21.9 Å². The monoisotopic (exact) mass is 392 g/mol. The van der Waals surface area contributed by atoms with Crippen LogP contribution in [-0.2, 0) is 29.1 Å². The van der Waals surface area contributed by atoms with E-state index in [0.717, 1.165) is 6.26 Å². The first-order valence-corrected chi connectivity index (χ1v) is 8.94. The summed E-state index contributed by atoms with van der Waals surface area (Å²) in [6.07, 6.45) is -4.50. The van der Waals surface area contributed by atoms with Crippen molar-refractivity contribution in [2.45, 2.75) is 12.3 Å². The van der Waals surface area contributed by atoms with Crippen molar-refractivity contribution in [2.75, 3.05) is 52.3 Å². The van der Waals surface area contributed by atoms with Crippen LogP contribution in [-0.4, -0.2) is 99.1 Å². The highest BCUT2D eigenvalue weighted by molar-refractivity contribution is 7.88. The van der Waals surface area contributed by atoms with E-state index in [-0.39, 0.29) is 26.2 Å². The fraction of sp³-hybridized carbons (Fsp3) is 0.833. The van der Waals surface area contributed by atoms with E-state index in [1.165, 1.54) is 4.90 Å². The highest BCUT2D eigenvalue weighted by Crippen LogP contribution is 2.15. The van der Waals surface area contributed by atoms with Crippen molar-refractivity contribution in [1.82, 2.24) is 9.21 Å². The summed E-state index contributed by atoms with van der Waals surface area (Å²) in [6, 6.07) is 0. The number of carbonyl (C=O) groups excluding carboxylic acids is 1. The number of carboxylic acids is 1. The summed E-state index contributed by atoms with van der Waals surface area (Å²) in [5, 5.41) is 8.76. The lowest BCUT2D eigenvalue weighted by Crippen LogP contribution is -2.52. The van der Waals surface area contributed by atoms with E-state index in [0.29, 0.717) is 4.31 Å². The van der Waals surface area contributed by atoms with E-state index in [2.05, 4.69) is 4.74 Å². The molecule has 0 aliphatic carbocycles. The van der Waals surface area contributed by atoms with Crippen LogP contribution in [0.15, 0.2) is 0 Å². The van der Waals surface area contributed by atoms with Gasteiger partial charge in [0.2, 0.25) is 15.9 Å². The number of carbonyl (C=O) groups is 2. The topological polar surface area (TPSA) is 113 Å². The summed E-state index contributed by atoms with van der Waals surface area (Å²) < 4.78 is 69.4. The molecule has 1 aliphatic rings. The normalized spacial score (nSPS) is 19.2. The van der Waals surface area contributed by atoms with Crippen molar-refractivity contribution in [3.63, 3.8) is 0 Å². The van der Waals surface area contributed by atoms with Gasteiger partial charge in [-0.2, -0.15) is 17.5 Å². The first-order valence-electron chi connectivity index (χ1n) is 7.09. The zero-order chi connectivity index (χ0) is 19.3. The Morgan fingerprint density at radius 3 is 2.56 bits per heavy atom. The van der Waals surface area contributed by atoms with Gasteiger partial charge in [-0.25, -0.2) is 8.42 Å². The molecule has 9 nitrogen and oxygen atoms in total. The Balaban J connectivity index is 2.58. The maximum absolute atomic E-state index is 12.0. The van der Waals surface area contributed by atoms with E-state index >= 15 is 0 Å². The molecule has 1 rings (SSSR count). The molecule has 146 valence electrons. The number of morpholine rings is 1. The van der Waals surface area contributed by atoms with E-state index in [1.807, 2.05) is 0 Å². The van der Waals surface area contributed by atoms with Crippen LogP contribution in [0.25, 0.3) is 0 Å². The minimum absolute atomic E-state index is 0.0420. The fourth-order valence-corrected chi connectivity index (χ4v) is 2.88. The lowest BCUT2D eigenvalue weighted by atomic mass is 10.2. The summed E-state index contributed by atoms with van der Waals surface area (Å²) in [5.41, 5.74) is 0. The Bertz CT molecular complexity index is 582. The fourth-order valence-electron chi connectivity index (χ4n) is 2.10. The zero-order valence-corrected chi connectivity index (χ0v) is 14.2. The summed E-state index contributed by atoms with van der Waals surface area (Å²) in [4.78, 5) is 23.8. The lowest BCUT2D eigenvalue weighted by molar-refractivity contribution is -0.179. The number of rotatable bonds is 8. The number of halogens is 3. The maximum atomic E-state index is 12.0. The molecule has 1 atom stereocenters. The van der Waals surface area contributed by atoms with Crippen LogP contribution in [0.2, 0.25) is 0 Å². The summed E-state index contributed by atoms with van der Waals surface area (Å²) in [7, 11) is -3.81. The molecule has 1 aliphatic heterocycles. The largest absolute Gasteiger partial charge is 0.480 e. The number of carboxylic acid groups (broad SMARTS) is 1. The van der Waals surface area contributed by atoms with Gasteiger partial charge in [-0.15, -0.1) is 0 Å². The third kappa shape index (κ3) is 8.47. The quantitative estimate of drug-likeness (QED) is 0.572. The second-order valence-electron chi connectivity index (χ2n) is 5.39. The highest BCUT2D eigenvalue weighted by atomic mass is 32.2. The predicted octanol–water partition coefficient (Wildman–Crippen LogP) is -0.861. The Hall–Kier alpha value is -1.44. The van der Waals surface area contributed by atoms with Crippen molar-refractivity contribution in [3.05, 3.63) is 0 Å². The van der Waals surface area contributed by atoms with Gasteiger partial charge in [-0.1, -0.05) is 0 Å². The predicted molar refractivity (Wildman–Crippen MR) is 77.2 cm³/mol. The third-order valence-corrected chi connectivity index (χ3v) is 4.39. The van der Waals surface area contributed by atoms with Gasteiger partial charge in [0, 0.05) is 19.6 Å². The van der Waals surface area contributed by atoms with Gasteiger partial charge < -0.3 is 19.5 Å². The second kappa shape index (κ2) is 8.78. The van der Waals surface area contributed by atoms with Gasteiger partial charge in [0.1, 0.15) is 19.8 Å². The smallest absolute Gasteiger partial charge is 0.411 e. The number of hydrogen-bond donors (Lipinski definition) is 1. The third-order valence-electron chi connectivity index (χ3n) is 3.17. The Morgan fingerprint density at radius 1 is 1.40 bits per heavy atom. The van der Waals surface area contributed by atoms with Gasteiger partial charge in [0.25, 0.3) is 0 Å². The van der Waals surface area contributed by atoms with Crippen LogP contribution in [0, 0.1) is 0 Å². The number of sulfonamides is 1. The highest BCUT2D eigenvalue weighted by Gasteiger charge is 2.31. The van der Waals surface area contributed by atoms with Crippen molar-refractivity contribution < 1.29 is 45.8 Å². The molecular weight excluding hydrogens is 373 g/mol. The second-order valence-corrected chi connectivity index (χ2v) is 7.37. The van der Waals surface area contributed by atoms with Crippen molar-refractivity contribution in [3.8, 4) is 0 Å². The number of ether oxygens (including phenoxy) is 2. The van der Waals surface area contributed by atoms with Gasteiger partial charge >= 0.3 is 12.1 Å². The summed E-state index contributed by atoms with van der Waals surface area (Å²) in [6.45, 7) is -3.30. The average molecular weight is 392 g/mol. The molecule has 0 saturated carbocycles. The molecule has 25 heavy (non-hydrogen) atoms. The maximum Gasteiger partial charge on any atom is 0.411 e. The molecule has 1 unspecified atom stereocenters.